The van der Waals surface area contributed by atoms with E-state index in [4.69, 9.17) is 4.74 Å². The molecule has 0 bridgehead atoms. The van der Waals surface area contributed by atoms with Crippen LogP contribution in [0.1, 0.15) is 26.3 Å². The van der Waals surface area contributed by atoms with Crippen LogP contribution in [0.3, 0.4) is 0 Å². The zero-order valence-corrected chi connectivity index (χ0v) is 21.0. The predicted molar refractivity (Wildman–Crippen MR) is 125 cm³/mol. The van der Waals surface area contributed by atoms with Crippen molar-refractivity contribution in [2.75, 3.05) is 47.4 Å². The molecule has 2 N–H and O–H groups in total. The fourth-order valence-corrected chi connectivity index (χ4v) is 5.30. The van der Waals surface area contributed by atoms with Gasteiger partial charge in [-0.3, -0.25) is 4.79 Å². The van der Waals surface area contributed by atoms with Gasteiger partial charge in [0.05, 0.1) is 19.7 Å². The molecule has 184 valence electrons. The molecule has 2 rings (SSSR count). The number of carbonyl (C=O) groups excluding carboxylic acids is 1. The normalized spacial score (nSPS) is 22.1. The first kappa shape index (κ1) is 27.1. The molecule has 1 aliphatic rings. The van der Waals surface area contributed by atoms with Gasteiger partial charge in [-0.2, -0.15) is 4.31 Å². The largest absolute Gasteiger partial charge is 0.487 e. The molecule has 0 aliphatic carbocycles. The number of ether oxygens (including phenoxy) is 1. The smallest absolute Gasteiger partial charge is 0.247 e. The molecule has 0 saturated heterocycles. The van der Waals surface area contributed by atoms with E-state index in [1.165, 1.54) is 23.4 Å². The van der Waals surface area contributed by atoms with Crippen molar-refractivity contribution in [3.05, 3.63) is 23.8 Å². The van der Waals surface area contributed by atoms with E-state index in [-0.39, 0.29) is 48.7 Å². The average Bonchev–Trinajstić information content (AvgIpc) is 2.73. The molecule has 1 aliphatic heterocycles. The van der Waals surface area contributed by atoms with Gasteiger partial charge in [0, 0.05) is 31.1 Å². The highest BCUT2D eigenvalue weighted by atomic mass is 32.2. The Labute approximate surface area is 197 Å². The van der Waals surface area contributed by atoms with Crippen molar-refractivity contribution in [2.24, 2.45) is 5.92 Å². The van der Waals surface area contributed by atoms with Gasteiger partial charge in [-0.1, -0.05) is 18.8 Å². The molecule has 9 nitrogen and oxygen atoms in total. The summed E-state index contributed by atoms with van der Waals surface area (Å²) in [6, 6.07) is 3.90. The van der Waals surface area contributed by atoms with Gasteiger partial charge in [0.1, 0.15) is 22.9 Å². The average molecular weight is 482 g/mol. The number of benzene rings is 1. The monoisotopic (exact) mass is 481 g/mol. The zero-order chi connectivity index (χ0) is 24.9. The molecule has 1 aromatic rings. The second kappa shape index (κ2) is 11.3. The van der Waals surface area contributed by atoms with Crippen LogP contribution in [0.25, 0.3) is 0 Å². The molecule has 10 heteroatoms. The second-order valence-corrected chi connectivity index (χ2v) is 10.7. The molecule has 33 heavy (non-hydrogen) atoms. The van der Waals surface area contributed by atoms with Gasteiger partial charge in [0.2, 0.25) is 15.9 Å². The van der Waals surface area contributed by atoms with Gasteiger partial charge in [0.25, 0.3) is 0 Å². The third-order valence-corrected chi connectivity index (χ3v) is 7.44. The Hall–Kier alpha value is -2.16. The minimum atomic E-state index is -3.96. The summed E-state index contributed by atoms with van der Waals surface area (Å²) in [5.41, 5.74) is 0.496. The van der Waals surface area contributed by atoms with E-state index in [1.54, 1.807) is 29.8 Å². The van der Waals surface area contributed by atoms with Crippen molar-refractivity contribution in [2.45, 2.75) is 43.9 Å². The molecule has 4 atom stereocenters. The highest BCUT2D eigenvalue weighted by molar-refractivity contribution is 7.89. The Morgan fingerprint density at radius 3 is 2.55 bits per heavy atom. The number of rotatable bonds is 6. The van der Waals surface area contributed by atoms with Crippen LogP contribution in [0.4, 0.5) is 0 Å². The summed E-state index contributed by atoms with van der Waals surface area (Å²) in [4.78, 5) is 15.8. The van der Waals surface area contributed by atoms with Gasteiger partial charge in [-0.05, 0) is 46.1 Å². The predicted octanol–water partition coefficient (Wildman–Crippen LogP) is 0.208. The lowest BCUT2D eigenvalue weighted by Crippen LogP contribution is -2.50. The lowest BCUT2D eigenvalue weighted by Gasteiger charge is -2.37. The standard InChI is InChI=1S/C23H35N3O6S/c1-16-12-26(17(2)15-27)33(30,31)22-10-9-19(8-7-18(3)28)11-20(22)32-21(16)13-25(6)23(29)14-24(4)5/h9-11,16-18,21,27-28H,12-15H2,1-6H3/t16-,17+,18-,21+/m1/s1. The second-order valence-electron chi connectivity index (χ2n) is 8.86. The first-order valence-corrected chi connectivity index (χ1v) is 12.3. The Morgan fingerprint density at radius 1 is 1.30 bits per heavy atom. The molecular weight excluding hydrogens is 446 g/mol. The maximum Gasteiger partial charge on any atom is 0.247 e. The fourth-order valence-electron chi connectivity index (χ4n) is 3.47. The summed E-state index contributed by atoms with van der Waals surface area (Å²) < 4.78 is 34.4. The van der Waals surface area contributed by atoms with Gasteiger partial charge in [-0.15, -0.1) is 0 Å². The van der Waals surface area contributed by atoms with Crippen molar-refractivity contribution in [1.82, 2.24) is 14.1 Å². The Balaban J connectivity index is 2.53. The van der Waals surface area contributed by atoms with Crippen molar-refractivity contribution in [3.63, 3.8) is 0 Å². The third-order valence-electron chi connectivity index (χ3n) is 5.42. The van der Waals surface area contributed by atoms with Crippen LogP contribution < -0.4 is 4.74 Å². The number of aliphatic hydroxyl groups excluding tert-OH is 2. The van der Waals surface area contributed by atoms with Crippen LogP contribution in [0.15, 0.2) is 23.1 Å². The molecule has 0 fully saturated rings. The van der Waals surface area contributed by atoms with Crippen LogP contribution in [0, 0.1) is 17.8 Å². The van der Waals surface area contributed by atoms with E-state index in [0.29, 0.717) is 5.56 Å². The Morgan fingerprint density at radius 2 is 1.97 bits per heavy atom. The van der Waals surface area contributed by atoms with E-state index < -0.39 is 28.3 Å². The number of amides is 1. The summed E-state index contributed by atoms with van der Waals surface area (Å²) in [5.74, 6) is 5.23. The van der Waals surface area contributed by atoms with Crippen molar-refractivity contribution < 1.29 is 28.2 Å². The van der Waals surface area contributed by atoms with Crippen LogP contribution in [-0.4, -0.2) is 104 Å². The number of hydrogen-bond acceptors (Lipinski definition) is 7. The molecule has 1 aromatic carbocycles. The lowest BCUT2D eigenvalue weighted by atomic mass is 10.0. The highest BCUT2D eigenvalue weighted by Gasteiger charge is 2.38. The number of hydrogen-bond donors (Lipinski definition) is 2. The number of nitrogens with zero attached hydrogens (tertiary/aromatic N) is 3. The van der Waals surface area contributed by atoms with Crippen molar-refractivity contribution >= 4 is 15.9 Å². The molecule has 1 heterocycles. The van der Waals surface area contributed by atoms with Gasteiger partial charge in [0.15, 0.2) is 0 Å². The molecule has 0 unspecified atom stereocenters. The molecule has 0 radical (unpaired) electrons. The number of carbonyl (C=O) groups is 1. The zero-order valence-electron chi connectivity index (χ0n) is 20.1. The Kier molecular flexibility index (Phi) is 9.29. The van der Waals surface area contributed by atoms with E-state index in [0.717, 1.165) is 0 Å². The lowest BCUT2D eigenvalue weighted by molar-refractivity contribution is -0.132. The first-order valence-electron chi connectivity index (χ1n) is 10.9. The van der Waals surface area contributed by atoms with Gasteiger partial charge >= 0.3 is 0 Å². The summed E-state index contributed by atoms with van der Waals surface area (Å²) >= 11 is 0. The molecule has 1 amide bonds. The summed E-state index contributed by atoms with van der Waals surface area (Å²) in [6.07, 6.45) is -1.33. The number of sulfonamides is 1. The number of fused-ring (bicyclic) bond motifs is 1. The van der Waals surface area contributed by atoms with Crippen molar-refractivity contribution in [3.8, 4) is 17.6 Å². The van der Waals surface area contributed by atoms with E-state index in [2.05, 4.69) is 11.8 Å². The minimum Gasteiger partial charge on any atom is -0.487 e. The molecule has 0 aromatic heterocycles. The summed E-state index contributed by atoms with van der Waals surface area (Å²) in [5, 5.41) is 19.2. The fraction of sp³-hybridized carbons (Fsp3) is 0.609. The van der Waals surface area contributed by atoms with Gasteiger partial charge in [-0.25, -0.2) is 8.42 Å². The van der Waals surface area contributed by atoms with Crippen molar-refractivity contribution in [1.29, 1.82) is 0 Å². The van der Waals surface area contributed by atoms with E-state index in [9.17, 15) is 23.4 Å². The maximum absolute atomic E-state index is 13.4. The van der Waals surface area contributed by atoms with Crippen LogP contribution >= 0.6 is 0 Å². The summed E-state index contributed by atoms with van der Waals surface area (Å²) in [7, 11) is 1.36. The highest BCUT2D eigenvalue weighted by Crippen LogP contribution is 2.34. The first-order chi connectivity index (χ1) is 15.4. The summed E-state index contributed by atoms with van der Waals surface area (Å²) in [6.45, 7) is 5.36. The van der Waals surface area contributed by atoms with Gasteiger partial charge < -0.3 is 24.7 Å². The number of aliphatic hydroxyl groups is 2. The maximum atomic E-state index is 13.4. The molecule has 0 spiro atoms. The molecule has 0 saturated carbocycles. The van der Waals surface area contributed by atoms with E-state index >= 15 is 0 Å². The Bertz CT molecular complexity index is 999. The quantitative estimate of drug-likeness (QED) is 0.559. The minimum absolute atomic E-state index is 0.0235. The van der Waals surface area contributed by atoms with Crippen LogP contribution in [-0.2, 0) is 14.8 Å². The SMILES string of the molecule is C[C@@H]1CN([C@@H](C)CO)S(=O)(=O)c2ccc(C#C[C@@H](C)O)cc2O[C@H]1CN(C)C(=O)CN(C)C. The molecular formula is C23H35N3O6S. The topological polar surface area (TPSA) is 111 Å². The third kappa shape index (κ3) is 6.91. The number of likely N-dealkylation sites (N-methyl/N-ethyl adjacent to an activating group) is 2. The van der Waals surface area contributed by atoms with E-state index in [1.807, 2.05) is 21.0 Å². The van der Waals surface area contributed by atoms with Crippen LogP contribution in [0.2, 0.25) is 0 Å². The van der Waals surface area contributed by atoms with Crippen LogP contribution in [0.5, 0.6) is 5.75 Å².